The lowest BCUT2D eigenvalue weighted by molar-refractivity contribution is 0.683. The van der Waals surface area contributed by atoms with Crippen LogP contribution >= 0.6 is 23.2 Å². The molecule has 0 radical (unpaired) electrons. The van der Waals surface area contributed by atoms with E-state index in [0.29, 0.717) is 16.1 Å². The van der Waals surface area contributed by atoms with Crippen molar-refractivity contribution in [3.8, 4) is 0 Å². The third-order valence-electron chi connectivity index (χ3n) is 2.81. The van der Waals surface area contributed by atoms with Crippen LogP contribution in [0.1, 0.15) is 19.4 Å². The van der Waals surface area contributed by atoms with Crippen molar-refractivity contribution in [1.29, 1.82) is 0 Å². The normalized spacial score (nSPS) is 10.9. The zero-order chi connectivity index (χ0) is 13.1. The van der Waals surface area contributed by atoms with Crippen molar-refractivity contribution in [3.05, 3.63) is 52.3 Å². The molecule has 0 aliphatic rings. The quantitative estimate of drug-likeness (QED) is 0.859. The lowest BCUT2D eigenvalue weighted by Gasteiger charge is -2.28. The number of aromatic amines is 1. The van der Waals surface area contributed by atoms with Crippen LogP contribution in [0.2, 0.25) is 10.0 Å². The first-order valence-electron chi connectivity index (χ1n) is 5.90. The van der Waals surface area contributed by atoms with Gasteiger partial charge in [-0.25, -0.2) is 0 Å². The van der Waals surface area contributed by atoms with Gasteiger partial charge < -0.3 is 9.88 Å². The highest BCUT2D eigenvalue weighted by atomic mass is 35.5. The van der Waals surface area contributed by atoms with Gasteiger partial charge in [0, 0.05) is 35.0 Å². The summed E-state index contributed by atoms with van der Waals surface area (Å²) in [4.78, 5) is 5.37. The molecule has 18 heavy (non-hydrogen) atoms. The molecule has 1 aromatic carbocycles. The predicted octanol–water partition coefficient (Wildman–Crippen LogP) is 4.74. The minimum Gasteiger partial charge on any atom is -0.366 e. The molecular weight excluding hydrogens is 267 g/mol. The summed E-state index contributed by atoms with van der Waals surface area (Å²) in [7, 11) is 0. The second-order valence-electron chi connectivity index (χ2n) is 4.57. The molecule has 0 aliphatic heterocycles. The molecule has 0 saturated heterocycles. The molecule has 2 nitrogen and oxygen atoms in total. The predicted molar refractivity (Wildman–Crippen MR) is 78.6 cm³/mol. The van der Waals surface area contributed by atoms with Crippen molar-refractivity contribution >= 4 is 28.9 Å². The first-order valence-corrected chi connectivity index (χ1v) is 6.66. The molecule has 96 valence electrons. The highest BCUT2D eigenvalue weighted by Gasteiger charge is 2.12. The summed E-state index contributed by atoms with van der Waals surface area (Å²) >= 11 is 12.1. The Morgan fingerprint density at radius 1 is 1.17 bits per heavy atom. The Morgan fingerprint density at radius 3 is 2.33 bits per heavy atom. The van der Waals surface area contributed by atoms with Gasteiger partial charge in [-0.15, -0.1) is 0 Å². The fourth-order valence-corrected chi connectivity index (χ4v) is 2.54. The van der Waals surface area contributed by atoms with E-state index in [4.69, 9.17) is 23.2 Å². The van der Waals surface area contributed by atoms with Gasteiger partial charge in [0.05, 0.1) is 5.69 Å². The summed E-state index contributed by atoms with van der Waals surface area (Å²) in [6.07, 6.45) is 3.92. The minimum absolute atomic E-state index is 0.401. The van der Waals surface area contributed by atoms with Crippen LogP contribution in [-0.2, 0) is 6.54 Å². The third-order valence-corrected chi connectivity index (χ3v) is 3.25. The van der Waals surface area contributed by atoms with Gasteiger partial charge in [-0.05, 0) is 43.7 Å². The molecular formula is C14H16Cl2N2. The van der Waals surface area contributed by atoms with E-state index in [1.807, 2.05) is 24.5 Å². The number of hydrogen-bond acceptors (Lipinski definition) is 1. The molecule has 1 aromatic heterocycles. The second-order valence-corrected chi connectivity index (χ2v) is 5.44. The molecule has 2 aromatic rings. The van der Waals surface area contributed by atoms with Gasteiger partial charge in [-0.3, -0.25) is 0 Å². The van der Waals surface area contributed by atoms with E-state index in [9.17, 15) is 0 Å². The highest BCUT2D eigenvalue weighted by molar-refractivity contribution is 6.34. The van der Waals surface area contributed by atoms with Gasteiger partial charge in [0.2, 0.25) is 0 Å². The standard InChI is InChI=1S/C14H16Cl2N2/c1-10(2)18(14-3-4-17-8-14)9-11-5-12(15)7-13(16)6-11/h3-8,10,17H,9H2,1-2H3. The smallest absolute Gasteiger partial charge is 0.0549 e. The number of aromatic nitrogens is 1. The SMILES string of the molecule is CC(C)N(Cc1cc(Cl)cc(Cl)c1)c1cc[nH]c1. The molecule has 0 aliphatic carbocycles. The van der Waals surface area contributed by atoms with Crippen molar-refractivity contribution in [2.45, 2.75) is 26.4 Å². The van der Waals surface area contributed by atoms with Crippen molar-refractivity contribution in [3.63, 3.8) is 0 Å². The monoisotopic (exact) mass is 282 g/mol. The average Bonchev–Trinajstić information content (AvgIpc) is 2.77. The van der Waals surface area contributed by atoms with Crippen LogP contribution in [-0.4, -0.2) is 11.0 Å². The van der Waals surface area contributed by atoms with E-state index in [0.717, 1.165) is 12.1 Å². The van der Waals surface area contributed by atoms with Crippen molar-refractivity contribution < 1.29 is 0 Å². The first-order chi connectivity index (χ1) is 8.56. The van der Waals surface area contributed by atoms with E-state index in [2.05, 4.69) is 29.8 Å². The number of halogens is 2. The summed E-state index contributed by atoms with van der Waals surface area (Å²) in [5.74, 6) is 0. The molecule has 0 spiro atoms. The maximum Gasteiger partial charge on any atom is 0.0549 e. The van der Waals surface area contributed by atoms with E-state index < -0.39 is 0 Å². The Bertz CT molecular complexity index is 486. The number of benzene rings is 1. The molecule has 0 saturated carbocycles. The summed E-state index contributed by atoms with van der Waals surface area (Å²) in [6, 6.07) is 8.12. The number of nitrogens with zero attached hydrogens (tertiary/aromatic N) is 1. The maximum atomic E-state index is 6.03. The summed E-state index contributed by atoms with van der Waals surface area (Å²) in [5.41, 5.74) is 2.28. The zero-order valence-corrected chi connectivity index (χ0v) is 12.0. The molecule has 0 amide bonds. The van der Waals surface area contributed by atoms with E-state index >= 15 is 0 Å². The number of rotatable bonds is 4. The van der Waals surface area contributed by atoms with Crippen LogP contribution < -0.4 is 4.90 Å². The lowest BCUT2D eigenvalue weighted by Crippen LogP contribution is -2.29. The van der Waals surface area contributed by atoms with Gasteiger partial charge in [-0.2, -0.15) is 0 Å². The number of hydrogen-bond donors (Lipinski definition) is 1. The third kappa shape index (κ3) is 3.21. The number of anilines is 1. The van der Waals surface area contributed by atoms with Gasteiger partial charge in [0.25, 0.3) is 0 Å². The van der Waals surface area contributed by atoms with Crippen LogP contribution in [0.5, 0.6) is 0 Å². The molecule has 0 atom stereocenters. The minimum atomic E-state index is 0.401. The Balaban J connectivity index is 2.24. The Hall–Kier alpha value is -1.12. The van der Waals surface area contributed by atoms with Gasteiger partial charge in [0.1, 0.15) is 0 Å². The molecule has 0 fully saturated rings. The molecule has 1 N–H and O–H groups in total. The van der Waals surface area contributed by atoms with Crippen LogP contribution in [0.15, 0.2) is 36.7 Å². The fourth-order valence-electron chi connectivity index (χ4n) is 1.96. The van der Waals surface area contributed by atoms with Crippen LogP contribution in [0.25, 0.3) is 0 Å². The van der Waals surface area contributed by atoms with Gasteiger partial charge >= 0.3 is 0 Å². The van der Waals surface area contributed by atoms with Crippen molar-refractivity contribution in [1.82, 2.24) is 4.98 Å². The number of H-pyrrole nitrogens is 1. The summed E-state index contributed by atoms with van der Waals surface area (Å²) in [5, 5.41) is 1.35. The summed E-state index contributed by atoms with van der Waals surface area (Å²) in [6.45, 7) is 5.12. The zero-order valence-electron chi connectivity index (χ0n) is 10.5. The topological polar surface area (TPSA) is 19.0 Å². The van der Waals surface area contributed by atoms with E-state index in [-0.39, 0.29) is 0 Å². The Morgan fingerprint density at radius 2 is 1.83 bits per heavy atom. The average molecular weight is 283 g/mol. The summed E-state index contributed by atoms with van der Waals surface area (Å²) < 4.78 is 0. The van der Waals surface area contributed by atoms with Crippen molar-refractivity contribution in [2.75, 3.05) is 4.90 Å². The van der Waals surface area contributed by atoms with Gasteiger partial charge in [-0.1, -0.05) is 23.2 Å². The molecule has 0 bridgehead atoms. The largest absolute Gasteiger partial charge is 0.366 e. The first kappa shape index (κ1) is 13.3. The molecule has 1 heterocycles. The molecule has 0 unspecified atom stereocenters. The molecule has 4 heteroatoms. The maximum absolute atomic E-state index is 6.03. The van der Waals surface area contributed by atoms with Crippen LogP contribution in [0.4, 0.5) is 5.69 Å². The second kappa shape index (κ2) is 5.68. The Kier molecular flexibility index (Phi) is 4.20. The van der Waals surface area contributed by atoms with E-state index in [1.165, 1.54) is 5.69 Å². The van der Waals surface area contributed by atoms with Crippen molar-refractivity contribution in [2.24, 2.45) is 0 Å². The van der Waals surface area contributed by atoms with Gasteiger partial charge in [0.15, 0.2) is 0 Å². The van der Waals surface area contributed by atoms with E-state index in [1.54, 1.807) is 6.07 Å². The molecule has 2 rings (SSSR count). The Labute approximate surface area is 118 Å². The lowest BCUT2D eigenvalue weighted by atomic mass is 10.2. The highest BCUT2D eigenvalue weighted by Crippen LogP contribution is 2.23. The fraction of sp³-hybridized carbons (Fsp3) is 0.286. The van der Waals surface area contributed by atoms with Crippen LogP contribution in [0, 0.1) is 0 Å². The van der Waals surface area contributed by atoms with Crippen LogP contribution in [0.3, 0.4) is 0 Å². The number of nitrogens with one attached hydrogen (secondary N) is 1.